The molecular weight excluding hydrogens is 166 g/mol. The summed E-state index contributed by atoms with van der Waals surface area (Å²) in [6.45, 7) is 2.02. The number of carbonyl (C=O) groups is 1. The number of amides is 1. The number of hydrogen-bond donors (Lipinski definition) is 1. The van der Waals surface area contributed by atoms with Crippen LogP contribution in [0, 0.1) is 0 Å². The van der Waals surface area contributed by atoms with Crippen molar-refractivity contribution in [2.75, 3.05) is 0 Å². The monoisotopic (exact) mass is 183 g/mol. The fraction of sp³-hybridized carbons (Fsp3) is 0.900. The molecule has 2 fully saturated rings. The van der Waals surface area contributed by atoms with Crippen LogP contribution in [0.5, 0.6) is 0 Å². The van der Waals surface area contributed by atoms with Gasteiger partial charge in [-0.25, -0.2) is 0 Å². The van der Waals surface area contributed by atoms with Gasteiger partial charge in [-0.3, -0.25) is 4.79 Å². The Balaban J connectivity index is 1.76. The molecule has 3 nitrogen and oxygen atoms in total. The number of ether oxygens (including phenoxy) is 1. The normalized spacial score (nSPS) is 34.2. The zero-order chi connectivity index (χ0) is 9.26. The van der Waals surface area contributed by atoms with Gasteiger partial charge in [0.25, 0.3) is 0 Å². The molecule has 0 aromatic heterocycles. The Kier molecular flexibility index (Phi) is 2.54. The van der Waals surface area contributed by atoms with Gasteiger partial charge >= 0.3 is 0 Å². The molecule has 13 heavy (non-hydrogen) atoms. The van der Waals surface area contributed by atoms with E-state index in [-0.39, 0.29) is 18.1 Å². The van der Waals surface area contributed by atoms with E-state index in [1.165, 1.54) is 6.42 Å². The van der Waals surface area contributed by atoms with Gasteiger partial charge in [0.1, 0.15) is 6.10 Å². The molecule has 0 aromatic rings. The van der Waals surface area contributed by atoms with Crippen LogP contribution in [-0.2, 0) is 9.53 Å². The lowest BCUT2D eigenvalue weighted by Crippen LogP contribution is -2.44. The molecule has 2 aliphatic rings. The van der Waals surface area contributed by atoms with Crippen molar-refractivity contribution < 1.29 is 9.53 Å². The minimum Gasteiger partial charge on any atom is -0.365 e. The lowest BCUT2D eigenvalue weighted by Gasteiger charge is -2.27. The number of carbonyl (C=O) groups excluding carboxylic acids is 1. The van der Waals surface area contributed by atoms with Crippen molar-refractivity contribution >= 4 is 5.91 Å². The van der Waals surface area contributed by atoms with Gasteiger partial charge in [0.15, 0.2) is 0 Å². The van der Waals surface area contributed by atoms with E-state index in [0.717, 1.165) is 25.7 Å². The van der Waals surface area contributed by atoms with E-state index in [1.807, 2.05) is 6.92 Å². The van der Waals surface area contributed by atoms with Gasteiger partial charge in [-0.1, -0.05) is 0 Å². The molecule has 1 heterocycles. The van der Waals surface area contributed by atoms with Crippen LogP contribution in [0.4, 0.5) is 0 Å². The van der Waals surface area contributed by atoms with Crippen molar-refractivity contribution in [3.05, 3.63) is 0 Å². The van der Waals surface area contributed by atoms with Crippen molar-refractivity contribution in [1.82, 2.24) is 5.32 Å². The fourth-order valence-electron chi connectivity index (χ4n) is 1.84. The van der Waals surface area contributed by atoms with Gasteiger partial charge in [-0.05, 0) is 39.0 Å². The summed E-state index contributed by atoms with van der Waals surface area (Å²) in [5, 5.41) is 3.01. The molecule has 1 saturated carbocycles. The van der Waals surface area contributed by atoms with Gasteiger partial charge in [0.05, 0.1) is 6.10 Å². The van der Waals surface area contributed by atoms with Crippen LogP contribution in [0.25, 0.3) is 0 Å². The predicted octanol–water partition coefficient (Wildman–Crippen LogP) is 1.22. The summed E-state index contributed by atoms with van der Waals surface area (Å²) in [7, 11) is 0. The minimum atomic E-state index is -0.171. The van der Waals surface area contributed by atoms with E-state index in [2.05, 4.69) is 5.32 Å². The summed E-state index contributed by atoms with van der Waals surface area (Å²) in [6.07, 6.45) is 5.55. The topological polar surface area (TPSA) is 38.3 Å². The Morgan fingerprint density at radius 1 is 1.31 bits per heavy atom. The van der Waals surface area contributed by atoms with Gasteiger partial charge in [0, 0.05) is 6.04 Å². The van der Waals surface area contributed by atoms with Crippen LogP contribution < -0.4 is 5.32 Å². The molecule has 1 aliphatic carbocycles. The number of rotatable bonds is 2. The van der Waals surface area contributed by atoms with Crippen LogP contribution in [0.2, 0.25) is 0 Å². The molecule has 0 radical (unpaired) electrons. The molecule has 0 unspecified atom stereocenters. The third-order valence-corrected chi connectivity index (χ3v) is 2.98. The van der Waals surface area contributed by atoms with Crippen LogP contribution in [0.1, 0.15) is 39.0 Å². The average Bonchev–Trinajstić information content (AvgIpc) is 2.44. The van der Waals surface area contributed by atoms with Crippen LogP contribution in [-0.4, -0.2) is 24.2 Å². The highest BCUT2D eigenvalue weighted by Crippen LogP contribution is 2.22. The first-order valence-corrected chi connectivity index (χ1v) is 5.21. The number of nitrogens with one attached hydrogen (secondary N) is 1. The van der Waals surface area contributed by atoms with E-state index in [1.54, 1.807) is 0 Å². The summed E-state index contributed by atoms with van der Waals surface area (Å²) in [5.74, 6) is 0.106. The molecule has 3 heteroatoms. The molecule has 1 saturated heterocycles. The summed E-state index contributed by atoms with van der Waals surface area (Å²) in [4.78, 5) is 11.6. The summed E-state index contributed by atoms with van der Waals surface area (Å²) < 4.78 is 5.48. The van der Waals surface area contributed by atoms with E-state index in [9.17, 15) is 4.79 Å². The second kappa shape index (κ2) is 3.66. The summed E-state index contributed by atoms with van der Waals surface area (Å²) >= 11 is 0. The van der Waals surface area contributed by atoms with Crippen molar-refractivity contribution in [3.63, 3.8) is 0 Å². The van der Waals surface area contributed by atoms with Crippen molar-refractivity contribution in [2.24, 2.45) is 0 Å². The smallest absolute Gasteiger partial charge is 0.249 e. The summed E-state index contributed by atoms with van der Waals surface area (Å²) in [6, 6.07) is 0.437. The maximum atomic E-state index is 11.6. The Hall–Kier alpha value is -0.570. The molecule has 2 rings (SSSR count). The second-order valence-corrected chi connectivity index (χ2v) is 4.15. The van der Waals surface area contributed by atoms with Gasteiger partial charge in [-0.15, -0.1) is 0 Å². The van der Waals surface area contributed by atoms with Crippen LogP contribution >= 0.6 is 0 Å². The Morgan fingerprint density at radius 2 is 2.08 bits per heavy atom. The second-order valence-electron chi connectivity index (χ2n) is 4.15. The first-order valence-electron chi connectivity index (χ1n) is 5.21. The van der Waals surface area contributed by atoms with E-state index >= 15 is 0 Å². The van der Waals surface area contributed by atoms with Gasteiger partial charge in [-0.2, -0.15) is 0 Å². The van der Waals surface area contributed by atoms with E-state index in [0.29, 0.717) is 6.04 Å². The maximum absolute atomic E-state index is 11.6. The Bertz CT molecular complexity index is 201. The quantitative estimate of drug-likeness (QED) is 0.699. The lowest BCUT2D eigenvalue weighted by atomic mass is 9.93. The molecule has 1 N–H and O–H groups in total. The highest BCUT2D eigenvalue weighted by Gasteiger charge is 2.30. The zero-order valence-electron chi connectivity index (χ0n) is 8.08. The largest absolute Gasteiger partial charge is 0.365 e. The molecule has 1 aliphatic heterocycles. The molecule has 1 amide bonds. The Labute approximate surface area is 78.8 Å². The first-order chi connectivity index (χ1) is 6.25. The maximum Gasteiger partial charge on any atom is 0.249 e. The SMILES string of the molecule is C[C@H]1CC[C@@H](C(=O)NC2CCC2)O1. The third-order valence-electron chi connectivity index (χ3n) is 2.98. The molecule has 0 aromatic carbocycles. The first kappa shape index (κ1) is 9.00. The highest BCUT2D eigenvalue weighted by atomic mass is 16.5. The van der Waals surface area contributed by atoms with E-state index < -0.39 is 0 Å². The van der Waals surface area contributed by atoms with Crippen LogP contribution in [0.3, 0.4) is 0 Å². The Morgan fingerprint density at radius 3 is 2.54 bits per heavy atom. The van der Waals surface area contributed by atoms with Crippen LogP contribution in [0.15, 0.2) is 0 Å². The zero-order valence-corrected chi connectivity index (χ0v) is 8.08. The third kappa shape index (κ3) is 2.02. The van der Waals surface area contributed by atoms with Crippen molar-refractivity contribution in [3.8, 4) is 0 Å². The summed E-state index contributed by atoms with van der Waals surface area (Å²) in [5.41, 5.74) is 0. The minimum absolute atomic E-state index is 0.106. The molecular formula is C10H17NO2. The van der Waals surface area contributed by atoms with Crippen molar-refractivity contribution in [1.29, 1.82) is 0 Å². The standard InChI is InChI=1S/C10H17NO2/c1-7-5-6-9(13-7)10(12)11-8-3-2-4-8/h7-9H,2-6H2,1H3,(H,11,12)/t7-,9-/m0/s1. The van der Waals surface area contributed by atoms with E-state index in [4.69, 9.17) is 4.74 Å². The van der Waals surface area contributed by atoms with Crippen molar-refractivity contribution in [2.45, 2.75) is 57.3 Å². The average molecular weight is 183 g/mol. The number of hydrogen-bond acceptors (Lipinski definition) is 2. The fourth-order valence-corrected chi connectivity index (χ4v) is 1.84. The predicted molar refractivity (Wildman–Crippen MR) is 49.4 cm³/mol. The molecule has 2 atom stereocenters. The molecule has 0 bridgehead atoms. The highest BCUT2D eigenvalue weighted by molar-refractivity contribution is 5.81. The molecule has 0 spiro atoms. The van der Waals surface area contributed by atoms with Gasteiger partial charge in [0.2, 0.25) is 5.91 Å². The lowest BCUT2D eigenvalue weighted by molar-refractivity contribution is -0.133. The molecule has 74 valence electrons. The van der Waals surface area contributed by atoms with Gasteiger partial charge < -0.3 is 10.1 Å².